The molecule has 0 aromatic carbocycles. The second kappa shape index (κ2) is 5.78. The predicted molar refractivity (Wildman–Crippen MR) is 66.5 cm³/mol. The Bertz CT molecular complexity index is 142. The largest absolute Gasteiger partial charge is 0.0651 e. The Hall–Kier alpha value is 0. The van der Waals surface area contributed by atoms with Gasteiger partial charge in [-0.15, -0.1) is 0 Å². The average molecular weight is 198 g/mol. The highest BCUT2D eigenvalue weighted by Gasteiger charge is 2.38. The van der Waals surface area contributed by atoms with E-state index in [0.29, 0.717) is 5.41 Å². The molecule has 0 amide bonds. The molecule has 0 rings (SSSR count). The Labute approximate surface area is 91.5 Å². The zero-order valence-electron chi connectivity index (χ0n) is 11.4. The Morgan fingerprint density at radius 3 is 1.50 bits per heavy atom. The fraction of sp³-hybridized carbons (Fsp3) is 1.00. The molecule has 0 heteroatoms. The lowest BCUT2D eigenvalue weighted by molar-refractivity contribution is 0.0466. The Kier molecular flexibility index (Phi) is 5.78. The highest BCUT2D eigenvalue weighted by Crippen LogP contribution is 2.46. The molecule has 0 nitrogen and oxygen atoms in total. The van der Waals surface area contributed by atoms with Crippen molar-refractivity contribution < 1.29 is 0 Å². The minimum absolute atomic E-state index is 0.572. The topological polar surface area (TPSA) is 0 Å². The van der Waals surface area contributed by atoms with Gasteiger partial charge in [0.05, 0.1) is 0 Å². The van der Waals surface area contributed by atoms with Gasteiger partial charge in [0.15, 0.2) is 0 Å². The maximum Gasteiger partial charge on any atom is -0.0249 e. The van der Waals surface area contributed by atoms with Crippen molar-refractivity contribution in [1.29, 1.82) is 0 Å². The van der Waals surface area contributed by atoms with Crippen LogP contribution < -0.4 is 0 Å². The van der Waals surface area contributed by atoms with E-state index in [1.165, 1.54) is 19.3 Å². The quantitative estimate of drug-likeness (QED) is 0.555. The summed E-state index contributed by atoms with van der Waals surface area (Å²) < 4.78 is 0. The number of hydrogen-bond donors (Lipinski definition) is 0. The van der Waals surface area contributed by atoms with Crippen LogP contribution in [0.4, 0.5) is 0 Å². The molecule has 0 saturated carbocycles. The maximum absolute atomic E-state index is 2.45. The van der Waals surface area contributed by atoms with Crippen LogP contribution in [0.1, 0.15) is 67.7 Å². The van der Waals surface area contributed by atoms with Crippen molar-refractivity contribution in [2.24, 2.45) is 23.2 Å². The van der Waals surface area contributed by atoms with Gasteiger partial charge in [0, 0.05) is 0 Å². The molecule has 0 aromatic rings. The average Bonchev–Trinajstić information content (AvgIpc) is 2.19. The summed E-state index contributed by atoms with van der Waals surface area (Å²) in [4.78, 5) is 0. The maximum atomic E-state index is 2.45. The molecule has 86 valence electrons. The van der Waals surface area contributed by atoms with Gasteiger partial charge in [-0.2, -0.15) is 0 Å². The van der Waals surface area contributed by atoms with Crippen molar-refractivity contribution in [3.8, 4) is 0 Å². The van der Waals surface area contributed by atoms with Crippen molar-refractivity contribution in [2.75, 3.05) is 0 Å². The van der Waals surface area contributed by atoms with E-state index < -0.39 is 0 Å². The third-order valence-electron chi connectivity index (χ3n) is 4.82. The van der Waals surface area contributed by atoms with Gasteiger partial charge in [0.1, 0.15) is 0 Å². The molecule has 0 N–H and O–H groups in total. The summed E-state index contributed by atoms with van der Waals surface area (Å²) in [7, 11) is 0. The van der Waals surface area contributed by atoms with Crippen LogP contribution in [0.15, 0.2) is 0 Å². The van der Waals surface area contributed by atoms with Gasteiger partial charge >= 0.3 is 0 Å². The molecule has 0 aliphatic heterocycles. The van der Waals surface area contributed by atoms with E-state index in [-0.39, 0.29) is 0 Å². The molecule has 0 bridgehead atoms. The minimum atomic E-state index is 0.572. The number of hydrogen-bond acceptors (Lipinski definition) is 0. The first-order valence-electron chi connectivity index (χ1n) is 6.46. The lowest BCUT2D eigenvalue weighted by Gasteiger charge is -2.45. The van der Waals surface area contributed by atoms with Crippen molar-refractivity contribution >= 4 is 0 Å². The fourth-order valence-corrected chi connectivity index (χ4v) is 3.11. The summed E-state index contributed by atoms with van der Waals surface area (Å²) >= 11 is 0. The molecule has 0 fully saturated rings. The van der Waals surface area contributed by atoms with Gasteiger partial charge in [0.2, 0.25) is 0 Å². The van der Waals surface area contributed by atoms with E-state index in [4.69, 9.17) is 0 Å². The minimum Gasteiger partial charge on any atom is -0.0651 e. The van der Waals surface area contributed by atoms with Gasteiger partial charge in [-0.25, -0.2) is 0 Å². The first-order valence-corrected chi connectivity index (χ1v) is 6.46. The van der Waals surface area contributed by atoms with Crippen LogP contribution in [-0.4, -0.2) is 0 Å². The normalized spacial score (nSPS) is 17.1. The summed E-state index contributed by atoms with van der Waals surface area (Å²) in [6.45, 7) is 16.7. The standard InChI is InChI=1S/C14H30/c1-8-12(6)14(9-2,10-3)13(7)11(4)5/h11-13H,8-10H2,1-7H3. The Morgan fingerprint density at radius 2 is 1.29 bits per heavy atom. The van der Waals surface area contributed by atoms with Crippen LogP contribution in [0, 0.1) is 23.2 Å². The predicted octanol–water partition coefficient (Wildman–Crippen LogP) is 5.13. The van der Waals surface area contributed by atoms with Crippen molar-refractivity contribution in [2.45, 2.75) is 67.7 Å². The second-order valence-electron chi connectivity index (χ2n) is 5.28. The van der Waals surface area contributed by atoms with Crippen molar-refractivity contribution in [3.63, 3.8) is 0 Å². The zero-order valence-corrected chi connectivity index (χ0v) is 11.4. The third-order valence-corrected chi connectivity index (χ3v) is 4.82. The zero-order chi connectivity index (χ0) is 11.4. The van der Waals surface area contributed by atoms with Crippen molar-refractivity contribution in [1.82, 2.24) is 0 Å². The molecule has 0 radical (unpaired) electrons. The van der Waals surface area contributed by atoms with E-state index in [9.17, 15) is 0 Å². The fourth-order valence-electron chi connectivity index (χ4n) is 3.11. The third kappa shape index (κ3) is 2.52. The highest BCUT2D eigenvalue weighted by molar-refractivity contribution is 4.87. The van der Waals surface area contributed by atoms with Crippen LogP contribution >= 0.6 is 0 Å². The van der Waals surface area contributed by atoms with Gasteiger partial charge < -0.3 is 0 Å². The summed E-state index contributed by atoms with van der Waals surface area (Å²) in [6.07, 6.45) is 3.98. The molecule has 0 aliphatic carbocycles. The van der Waals surface area contributed by atoms with E-state index in [1.807, 2.05) is 0 Å². The van der Waals surface area contributed by atoms with Crippen LogP contribution in [0.2, 0.25) is 0 Å². The first kappa shape index (κ1) is 14.0. The van der Waals surface area contributed by atoms with Gasteiger partial charge in [0.25, 0.3) is 0 Å². The van der Waals surface area contributed by atoms with Crippen molar-refractivity contribution in [3.05, 3.63) is 0 Å². The smallest absolute Gasteiger partial charge is 0.0249 e. The van der Waals surface area contributed by atoms with Crippen LogP contribution in [0.3, 0.4) is 0 Å². The summed E-state index contributed by atoms with van der Waals surface area (Å²) in [5.74, 6) is 2.51. The van der Waals surface area contributed by atoms with E-state index in [2.05, 4.69) is 48.5 Å². The van der Waals surface area contributed by atoms with Crippen LogP contribution in [0.25, 0.3) is 0 Å². The molecular formula is C14H30. The molecule has 0 saturated heterocycles. The molecule has 0 spiro atoms. The molecule has 0 aromatic heterocycles. The summed E-state index contributed by atoms with van der Waals surface area (Å²) in [5, 5.41) is 0. The molecule has 2 atom stereocenters. The SMILES string of the molecule is CCC(C)C(CC)(CC)C(C)C(C)C. The van der Waals surface area contributed by atoms with Gasteiger partial charge in [-0.05, 0) is 36.0 Å². The lowest BCUT2D eigenvalue weighted by atomic mass is 9.60. The first-order chi connectivity index (χ1) is 6.46. The van der Waals surface area contributed by atoms with E-state index in [1.54, 1.807) is 0 Å². The monoisotopic (exact) mass is 198 g/mol. The van der Waals surface area contributed by atoms with E-state index >= 15 is 0 Å². The van der Waals surface area contributed by atoms with Gasteiger partial charge in [-0.1, -0.05) is 54.9 Å². The highest BCUT2D eigenvalue weighted by atomic mass is 14.4. The molecule has 2 unspecified atom stereocenters. The lowest BCUT2D eigenvalue weighted by Crippen LogP contribution is -2.37. The molecule has 0 heterocycles. The molecule has 0 aliphatic rings. The summed E-state index contributed by atoms with van der Waals surface area (Å²) in [5.41, 5.74) is 0.572. The Morgan fingerprint density at radius 1 is 0.857 bits per heavy atom. The molecule has 14 heavy (non-hydrogen) atoms. The summed E-state index contributed by atoms with van der Waals surface area (Å²) in [6, 6.07) is 0. The number of rotatable bonds is 6. The van der Waals surface area contributed by atoms with Gasteiger partial charge in [-0.3, -0.25) is 0 Å². The van der Waals surface area contributed by atoms with Crippen LogP contribution in [0.5, 0.6) is 0 Å². The Balaban J connectivity index is 4.85. The van der Waals surface area contributed by atoms with E-state index in [0.717, 1.165) is 17.8 Å². The van der Waals surface area contributed by atoms with Crippen LogP contribution in [-0.2, 0) is 0 Å². The molecular weight excluding hydrogens is 168 g/mol. The second-order valence-corrected chi connectivity index (χ2v) is 5.28.